The quantitative estimate of drug-likeness (QED) is 0.517. The molecule has 0 radical (unpaired) electrons. The third-order valence-electron chi connectivity index (χ3n) is 3.30. The molecular weight excluding hydrogens is 413 g/mol. The van der Waals surface area contributed by atoms with Crippen LogP contribution in [-0.4, -0.2) is 55.2 Å². The normalized spacial score (nSPS) is 12.5. The highest BCUT2D eigenvalue weighted by Gasteiger charge is 2.32. The Labute approximate surface area is 169 Å². The van der Waals surface area contributed by atoms with Gasteiger partial charge in [0.1, 0.15) is 0 Å². The number of alkyl halides is 3. The maximum absolute atomic E-state index is 12.9. The summed E-state index contributed by atoms with van der Waals surface area (Å²) in [5, 5.41) is -0.130. The molecule has 2 heterocycles. The molecule has 0 unspecified atom stereocenters. The van der Waals surface area contributed by atoms with Crippen molar-refractivity contribution in [2.45, 2.75) is 6.18 Å². The molecule has 0 saturated carbocycles. The Morgan fingerprint density at radius 3 is 2.36 bits per heavy atom. The highest BCUT2D eigenvalue weighted by molar-refractivity contribution is 7.15. The fourth-order valence-electron chi connectivity index (χ4n) is 2.12. The molecule has 0 N–H and O–H groups in total. The van der Waals surface area contributed by atoms with Crippen LogP contribution in [0.4, 0.5) is 13.2 Å². The van der Waals surface area contributed by atoms with Gasteiger partial charge in [0.15, 0.2) is 0 Å². The molecule has 10 heteroatoms. The molecule has 5 nitrogen and oxygen atoms in total. The van der Waals surface area contributed by atoms with Gasteiger partial charge in [-0.1, -0.05) is 11.6 Å². The maximum atomic E-state index is 12.9. The Balaban J connectivity index is 2.46. The standard InChI is InChI=1S/C18H18ClF3N4OS/c1-25(2)9-12(16-13(19)7-11(8-23-16)18(20,21)22)14-5-6-15(28-14)17(27)24-10-26(3)4/h5-10H,1-4H3. The van der Waals surface area contributed by atoms with Gasteiger partial charge < -0.3 is 9.80 Å². The number of rotatable bonds is 5. The van der Waals surface area contributed by atoms with E-state index < -0.39 is 17.6 Å². The molecule has 0 fully saturated rings. The molecule has 2 aromatic rings. The van der Waals surface area contributed by atoms with Gasteiger partial charge in [-0.25, -0.2) is 0 Å². The Kier molecular flexibility index (Phi) is 6.84. The molecule has 0 aromatic carbocycles. The first-order chi connectivity index (χ1) is 13.0. The van der Waals surface area contributed by atoms with Crippen LogP contribution in [0.15, 0.2) is 35.6 Å². The van der Waals surface area contributed by atoms with Gasteiger partial charge in [0, 0.05) is 51.0 Å². The van der Waals surface area contributed by atoms with Crippen LogP contribution in [0.5, 0.6) is 0 Å². The van der Waals surface area contributed by atoms with Crippen molar-refractivity contribution < 1.29 is 18.0 Å². The predicted molar refractivity (Wildman–Crippen MR) is 106 cm³/mol. The van der Waals surface area contributed by atoms with Gasteiger partial charge in [0.2, 0.25) is 0 Å². The number of carbonyl (C=O) groups excluding carboxylic acids is 1. The molecule has 0 bridgehead atoms. The fourth-order valence-corrected chi connectivity index (χ4v) is 3.30. The van der Waals surface area contributed by atoms with E-state index in [1.807, 2.05) is 0 Å². The van der Waals surface area contributed by atoms with Crippen LogP contribution >= 0.6 is 22.9 Å². The molecule has 0 aliphatic carbocycles. The van der Waals surface area contributed by atoms with E-state index in [4.69, 9.17) is 11.6 Å². The van der Waals surface area contributed by atoms with Crippen molar-refractivity contribution in [2.75, 3.05) is 28.2 Å². The number of halogens is 4. The van der Waals surface area contributed by atoms with Crippen LogP contribution in [0.2, 0.25) is 5.02 Å². The SMILES string of the molecule is CN(C)C=NC(=O)c1ccc(C(=CN(C)C)c2ncc(C(F)(F)F)cc2Cl)s1. The van der Waals surface area contributed by atoms with Crippen molar-refractivity contribution in [3.63, 3.8) is 0 Å². The predicted octanol–water partition coefficient (Wildman–Crippen LogP) is 4.50. The minimum atomic E-state index is -4.53. The van der Waals surface area contributed by atoms with E-state index in [0.29, 0.717) is 15.3 Å². The van der Waals surface area contributed by atoms with Crippen molar-refractivity contribution in [3.05, 3.63) is 56.6 Å². The average Bonchev–Trinajstić information content (AvgIpc) is 3.06. The zero-order chi connectivity index (χ0) is 21.1. The summed E-state index contributed by atoms with van der Waals surface area (Å²) in [4.78, 5) is 24.3. The number of hydrogen-bond acceptors (Lipinski definition) is 4. The lowest BCUT2D eigenvalue weighted by atomic mass is 10.1. The lowest BCUT2D eigenvalue weighted by Gasteiger charge is -2.13. The zero-order valence-electron chi connectivity index (χ0n) is 15.6. The van der Waals surface area contributed by atoms with Crippen LogP contribution in [0.1, 0.15) is 25.8 Å². The molecular formula is C18H18ClF3N4OS. The summed E-state index contributed by atoms with van der Waals surface area (Å²) in [6, 6.07) is 4.14. The second-order valence-electron chi connectivity index (χ2n) is 6.24. The van der Waals surface area contributed by atoms with Crippen LogP contribution in [-0.2, 0) is 6.18 Å². The smallest absolute Gasteiger partial charge is 0.383 e. The molecule has 0 aliphatic rings. The molecule has 2 aromatic heterocycles. The van der Waals surface area contributed by atoms with E-state index in [1.54, 1.807) is 56.3 Å². The van der Waals surface area contributed by atoms with Crippen molar-refractivity contribution in [1.29, 1.82) is 0 Å². The zero-order valence-corrected chi connectivity index (χ0v) is 17.2. The first-order valence-corrected chi connectivity index (χ1v) is 9.15. The molecule has 2 rings (SSSR count). The van der Waals surface area contributed by atoms with E-state index in [9.17, 15) is 18.0 Å². The van der Waals surface area contributed by atoms with Crippen molar-refractivity contribution >= 4 is 40.8 Å². The number of carbonyl (C=O) groups is 1. The summed E-state index contributed by atoms with van der Waals surface area (Å²) < 4.78 is 38.6. The summed E-state index contributed by atoms with van der Waals surface area (Å²) in [6.07, 6.45) is -0.712. The molecule has 1 amide bonds. The van der Waals surface area contributed by atoms with E-state index in [0.717, 1.165) is 23.6 Å². The van der Waals surface area contributed by atoms with Gasteiger partial charge in [-0.05, 0) is 18.2 Å². The Morgan fingerprint density at radius 2 is 1.82 bits per heavy atom. The second kappa shape index (κ2) is 8.74. The second-order valence-corrected chi connectivity index (χ2v) is 7.73. The molecule has 0 spiro atoms. The van der Waals surface area contributed by atoms with Crippen molar-refractivity contribution in [2.24, 2.45) is 4.99 Å². The van der Waals surface area contributed by atoms with E-state index in [-0.39, 0.29) is 10.7 Å². The van der Waals surface area contributed by atoms with Crippen LogP contribution in [0, 0.1) is 0 Å². The number of nitrogens with zero attached hydrogens (tertiary/aromatic N) is 4. The van der Waals surface area contributed by atoms with Crippen LogP contribution in [0.25, 0.3) is 5.57 Å². The van der Waals surface area contributed by atoms with Gasteiger partial charge in [-0.15, -0.1) is 11.3 Å². The largest absolute Gasteiger partial charge is 0.417 e. The fraction of sp³-hybridized carbons (Fsp3) is 0.278. The lowest BCUT2D eigenvalue weighted by Crippen LogP contribution is -2.09. The number of aromatic nitrogens is 1. The molecule has 28 heavy (non-hydrogen) atoms. The highest BCUT2D eigenvalue weighted by atomic mass is 35.5. The summed E-state index contributed by atoms with van der Waals surface area (Å²) in [6.45, 7) is 0. The Morgan fingerprint density at radius 1 is 1.18 bits per heavy atom. The van der Waals surface area contributed by atoms with Crippen LogP contribution < -0.4 is 0 Å². The summed E-state index contributed by atoms with van der Waals surface area (Å²) >= 11 is 7.26. The molecule has 150 valence electrons. The van der Waals surface area contributed by atoms with Crippen LogP contribution in [0.3, 0.4) is 0 Å². The number of hydrogen-bond donors (Lipinski definition) is 0. The third-order valence-corrected chi connectivity index (χ3v) is 4.69. The van der Waals surface area contributed by atoms with Gasteiger partial charge in [0.25, 0.3) is 5.91 Å². The average molecular weight is 431 g/mol. The van der Waals surface area contributed by atoms with E-state index in [1.165, 1.54) is 6.34 Å². The maximum Gasteiger partial charge on any atom is 0.417 e. The van der Waals surface area contributed by atoms with E-state index >= 15 is 0 Å². The number of amides is 1. The molecule has 0 atom stereocenters. The third kappa shape index (κ3) is 5.56. The Hall–Kier alpha value is -2.39. The summed E-state index contributed by atoms with van der Waals surface area (Å²) in [5.41, 5.74) is -0.226. The van der Waals surface area contributed by atoms with Gasteiger partial charge in [0.05, 0.1) is 27.5 Å². The minimum Gasteiger partial charge on any atom is -0.383 e. The topological polar surface area (TPSA) is 48.8 Å². The van der Waals surface area contributed by atoms with Crippen molar-refractivity contribution in [3.8, 4) is 0 Å². The number of aliphatic imine (C=N–C) groups is 1. The number of thiophene rings is 1. The van der Waals surface area contributed by atoms with Gasteiger partial charge in [-0.3, -0.25) is 9.78 Å². The van der Waals surface area contributed by atoms with E-state index in [2.05, 4.69) is 9.98 Å². The Bertz CT molecular complexity index is 920. The lowest BCUT2D eigenvalue weighted by molar-refractivity contribution is -0.137. The first kappa shape index (κ1) is 21.9. The monoisotopic (exact) mass is 430 g/mol. The molecule has 0 saturated heterocycles. The van der Waals surface area contributed by atoms with Gasteiger partial charge >= 0.3 is 6.18 Å². The summed E-state index contributed by atoms with van der Waals surface area (Å²) in [5.74, 6) is -0.416. The minimum absolute atomic E-state index is 0.130. The first-order valence-electron chi connectivity index (χ1n) is 7.95. The summed E-state index contributed by atoms with van der Waals surface area (Å²) in [7, 11) is 7.01. The van der Waals surface area contributed by atoms with Crippen molar-refractivity contribution in [1.82, 2.24) is 14.8 Å². The van der Waals surface area contributed by atoms with Gasteiger partial charge in [-0.2, -0.15) is 18.2 Å². The molecule has 0 aliphatic heterocycles. The number of pyridine rings is 1. The highest BCUT2D eigenvalue weighted by Crippen LogP contribution is 2.36.